The van der Waals surface area contributed by atoms with Gasteiger partial charge in [0.05, 0.1) is 6.61 Å². The van der Waals surface area contributed by atoms with Gasteiger partial charge in [-0.2, -0.15) is 0 Å². The SMILES string of the molecule is CCCCCCCCOC(=O)Oc1ccc(CCCC)c(CCCC)c1CCCC. The van der Waals surface area contributed by atoms with Gasteiger partial charge < -0.3 is 9.47 Å². The number of ether oxygens (including phenoxy) is 2. The number of rotatable bonds is 17. The average Bonchev–Trinajstić information content (AvgIpc) is 2.75. The van der Waals surface area contributed by atoms with Crippen molar-refractivity contribution < 1.29 is 14.3 Å². The number of benzene rings is 1. The topological polar surface area (TPSA) is 35.5 Å². The molecule has 172 valence electrons. The molecule has 0 aliphatic carbocycles. The van der Waals surface area contributed by atoms with Crippen molar-refractivity contribution in [3.05, 3.63) is 28.8 Å². The van der Waals surface area contributed by atoms with Crippen LogP contribution in [0.15, 0.2) is 12.1 Å². The number of hydrogen-bond acceptors (Lipinski definition) is 3. The van der Waals surface area contributed by atoms with Gasteiger partial charge in [-0.3, -0.25) is 0 Å². The van der Waals surface area contributed by atoms with Crippen LogP contribution >= 0.6 is 0 Å². The van der Waals surface area contributed by atoms with Crippen molar-refractivity contribution >= 4 is 6.16 Å². The third kappa shape index (κ3) is 10.5. The maximum Gasteiger partial charge on any atom is 0.513 e. The lowest BCUT2D eigenvalue weighted by atomic mass is 9.90. The highest BCUT2D eigenvalue weighted by Gasteiger charge is 2.17. The van der Waals surface area contributed by atoms with Gasteiger partial charge in [0.1, 0.15) is 5.75 Å². The molecule has 0 N–H and O–H groups in total. The second-order valence-corrected chi connectivity index (χ2v) is 8.46. The highest BCUT2D eigenvalue weighted by Crippen LogP contribution is 2.30. The normalized spacial score (nSPS) is 10.9. The number of carbonyl (C=O) groups excluding carboxylic acids is 1. The molecule has 1 rings (SSSR count). The Labute approximate surface area is 185 Å². The standard InChI is InChI=1S/C27H46O3/c1-5-9-13-14-15-16-22-29-27(28)30-26-21-20-23(17-10-6-2)24(18-11-7-3)25(26)19-12-8-4/h20-21H,5-19,22H2,1-4H3. The Morgan fingerprint density at radius 2 is 1.23 bits per heavy atom. The molecule has 0 amide bonds. The van der Waals surface area contributed by atoms with Crippen LogP contribution in [-0.2, 0) is 24.0 Å². The fraction of sp³-hybridized carbons (Fsp3) is 0.741. The van der Waals surface area contributed by atoms with E-state index in [0.29, 0.717) is 12.4 Å². The summed E-state index contributed by atoms with van der Waals surface area (Å²) in [6.07, 6.45) is 16.6. The van der Waals surface area contributed by atoms with E-state index in [1.165, 1.54) is 68.1 Å². The van der Waals surface area contributed by atoms with Gasteiger partial charge in [-0.25, -0.2) is 4.79 Å². The summed E-state index contributed by atoms with van der Waals surface area (Å²) in [5, 5.41) is 0. The Bertz CT molecular complexity index is 580. The molecule has 0 bridgehead atoms. The van der Waals surface area contributed by atoms with Crippen LogP contribution in [0.5, 0.6) is 5.75 Å². The van der Waals surface area contributed by atoms with E-state index >= 15 is 0 Å². The lowest BCUT2D eigenvalue weighted by Crippen LogP contribution is -2.14. The Balaban J connectivity index is 2.78. The molecule has 0 aromatic heterocycles. The Morgan fingerprint density at radius 1 is 0.667 bits per heavy atom. The fourth-order valence-electron chi connectivity index (χ4n) is 3.87. The van der Waals surface area contributed by atoms with Crippen molar-refractivity contribution in [1.82, 2.24) is 0 Å². The number of unbranched alkanes of at least 4 members (excludes halogenated alkanes) is 8. The summed E-state index contributed by atoms with van der Waals surface area (Å²) in [5.74, 6) is 0.711. The van der Waals surface area contributed by atoms with Crippen molar-refractivity contribution in [3.63, 3.8) is 0 Å². The molecule has 0 saturated carbocycles. The summed E-state index contributed by atoms with van der Waals surface area (Å²) in [6.45, 7) is 9.35. The van der Waals surface area contributed by atoms with Crippen molar-refractivity contribution in [2.24, 2.45) is 0 Å². The molecule has 0 heterocycles. The molecule has 0 aliphatic heterocycles. The van der Waals surface area contributed by atoms with E-state index in [1.807, 2.05) is 6.07 Å². The zero-order valence-electron chi connectivity index (χ0n) is 20.2. The van der Waals surface area contributed by atoms with E-state index in [4.69, 9.17) is 9.47 Å². The lowest BCUT2D eigenvalue weighted by Gasteiger charge is -2.19. The number of aryl methyl sites for hydroxylation is 1. The Kier molecular flexibility index (Phi) is 15.2. The van der Waals surface area contributed by atoms with Gasteiger partial charge in [-0.1, -0.05) is 85.1 Å². The van der Waals surface area contributed by atoms with E-state index in [0.717, 1.165) is 44.9 Å². The van der Waals surface area contributed by atoms with Gasteiger partial charge in [0.2, 0.25) is 0 Å². The second-order valence-electron chi connectivity index (χ2n) is 8.46. The van der Waals surface area contributed by atoms with E-state index < -0.39 is 6.16 Å². The monoisotopic (exact) mass is 418 g/mol. The summed E-state index contributed by atoms with van der Waals surface area (Å²) >= 11 is 0. The summed E-state index contributed by atoms with van der Waals surface area (Å²) in [5.41, 5.74) is 4.08. The van der Waals surface area contributed by atoms with Gasteiger partial charge in [0, 0.05) is 0 Å². The summed E-state index contributed by atoms with van der Waals surface area (Å²) < 4.78 is 11.1. The summed E-state index contributed by atoms with van der Waals surface area (Å²) in [4.78, 5) is 12.3. The van der Waals surface area contributed by atoms with Crippen LogP contribution in [0.2, 0.25) is 0 Å². The van der Waals surface area contributed by atoms with E-state index in [9.17, 15) is 4.79 Å². The van der Waals surface area contributed by atoms with Gasteiger partial charge in [-0.15, -0.1) is 0 Å². The first-order valence-corrected chi connectivity index (χ1v) is 12.7. The predicted molar refractivity (Wildman–Crippen MR) is 128 cm³/mol. The first-order chi connectivity index (χ1) is 14.7. The molecule has 0 radical (unpaired) electrons. The minimum absolute atomic E-state index is 0.451. The van der Waals surface area contributed by atoms with E-state index in [1.54, 1.807) is 0 Å². The molecule has 3 nitrogen and oxygen atoms in total. The molecule has 0 aliphatic rings. The number of carbonyl (C=O) groups is 1. The molecule has 1 aromatic rings. The number of hydrogen-bond donors (Lipinski definition) is 0. The molecular formula is C27H46O3. The zero-order chi connectivity index (χ0) is 22.0. The smallest absolute Gasteiger partial charge is 0.434 e. The first kappa shape index (κ1) is 26.5. The summed E-state index contributed by atoms with van der Waals surface area (Å²) in [6, 6.07) is 4.17. The van der Waals surface area contributed by atoms with Gasteiger partial charge in [0.25, 0.3) is 0 Å². The highest BCUT2D eigenvalue weighted by molar-refractivity contribution is 5.65. The van der Waals surface area contributed by atoms with Crippen LogP contribution in [-0.4, -0.2) is 12.8 Å². The Hall–Kier alpha value is -1.51. The average molecular weight is 419 g/mol. The molecule has 0 unspecified atom stereocenters. The zero-order valence-corrected chi connectivity index (χ0v) is 20.2. The molecule has 0 fully saturated rings. The molecule has 0 spiro atoms. The molecule has 3 heteroatoms. The minimum atomic E-state index is -0.552. The van der Waals surface area contributed by atoms with Gasteiger partial charge >= 0.3 is 6.16 Å². The van der Waals surface area contributed by atoms with Crippen LogP contribution < -0.4 is 4.74 Å². The van der Waals surface area contributed by atoms with Crippen LogP contribution in [0.25, 0.3) is 0 Å². The quantitative estimate of drug-likeness (QED) is 0.144. The van der Waals surface area contributed by atoms with Crippen LogP contribution in [0, 0.1) is 0 Å². The predicted octanol–water partition coefficient (Wildman–Crippen LogP) is 8.59. The van der Waals surface area contributed by atoms with E-state index in [2.05, 4.69) is 33.8 Å². The minimum Gasteiger partial charge on any atom is -0.434 e. The molecule has 30 heavy (non-hydrogen) atoms. The maximum absolute atomic E-state index is 12.3. The van der Waals surface area contributed by atoms with Crippen molar-refractivity contribution in [3.8, 4) is 5.75 Å². The molecule has 0 atom stereocenters. The largest absolute Gasteiger partial charge is 0.513 e. The third-order valence-electron chi connectivity index (χ3n) is 5.76. The van der Waals surface area contributed by atoms with Crippen molar-refractivity contribution in [2.45, 2.75) is 124 Å². The third-order valence-corrected chi connectivity index (χ3v) is 5.76. The maximum atomic E-state index is 12.3. The fourth-order valence-corrected chi connectivity index (χ4v) is 3.87. The molecule has 1 aromatic carbocycles. The highest BCUT2D eigenvalue weighted by atomic mass is 16.7. The first-order valence-electron chi connectivity index (χ1n) is 12.7. The molecular weight excluding hydrogens is 372 g/mol. The Morgan fingerprint density at radius 3 is 1.90 bits per heavy atom. The van der Waals surface area contributed by atoms with Crippen LogP contribution in [0.3, 0.4) is 0 Å². The molecule has 0 saturated heterocycles. The van der Waals surface area contributed by atoms with Crippen LogP contribution in [0.4, 0.5) is 4.79 Å². The lowest BCUT2D eigenvalue weighted by molar-refractivity contribution is 0.0969. The second kappa shape index (κ2) is 17.2. The van der Waals surface area contributed by atoms with Gasteiger partial charge in [0.15, 0.2) is 0 Å². The van der Waals surface area contributed by atoms with Crippen LogP contribution in [0.1, 0.15) is 121 Å². The van der Waals surface area contributed by atoms with Gasteiger partial charge in [-0.05, 0) is 67.7 Å². The van der Waals surface area contributed by atoms with E-state index in [-0.39, 0.29) is 0 Å². The van der Waals surface area contributed by atoms with Crippen molar-refractivity contribution in [1.29, 1.82) is 0 Å². The van der Waals surface area contributed by atoms with Crippen molar-refractivity contribution in [2.75, 3.05) is 6.61 Å². The summed E-state index contributed by atoms with van der Waals surface area (Å²) in [7, 11) is 0.